The van der Waals surface area contributed by atoms with Crippen molar-refractivity contribution in [3.8, 4) is 0 Å². The maximum atomic E-state index is 11.8. The molecule has 1 saturated heterocycles. The molecule has 0 radical (unpaired) electrons. The summed E-state index contributed by atoms with van der Waals surface area (Å²) >= 11 is 0. The Morgan fingerprint density at radius 2 is 0.840 bits per heavy atom. The molecule has 0 saturated carbocycles. The van der Waals surface area contributed by atoms with Crippen LogP contribution < -0.4 is 0 Å². The Balaban J connectivity index is -0.000000138. The van der Waals surface area contributed by atoms with Gasteiger partial charge in [-0.2, -0.15) is 0 Å². The highest BCUT2D eigenvalue weighted by atomic mass is 16.7. The van der Waals surface area contributed by atoms with Gasteiger partial charge >= 0.3 is 41.8 Å². The van der Waals surface area contributed by atoms with E-state index in [1.165, 1.54) is 6.42 Å². The highest BCUT2D eigenvalue weighted by Gasteiger charge is 2.42. The van der Waals surface area contributed by atoms with Gasteiger partial charge in [-0.1, -0.05) is 173 Å². The molecule has 0 aromatic carbocycles. The Labute approximate surface area is 610 Å². The highest BCUT2D eigenvalue weighted by molar-refractivity contribution is 5.76. The number of carbonyl (C=O) groups excluding carboxylic acids is 7. The molecule has 0 aromatic rings. The third-order valence-electron chi connectivity index (χ3n) is 16.4. The first-order valence-corrected chi connectivity index (χ1v) is 36.6. The third kappa shape index (κ3) is 64.7. The normalized spacial score (nSPS) is 17.5. The maximum absolute atomic E-state index is 11.8. The SMILES string of the molecule is C.C.CCC(C)(C)C(=O)OCCO[C@H]1OC(CO)[C@H](C)C(O)[C@H]1O.CCC(C)C(=O)OCC(C)C.CCC(C)C(=O)OCCO.CCC(C)C(=O)OCCOC.CCC(C)COC(=O)C(C)(C)CC.CCC(C)OC(=O)C(C)CC.CCC(C)OCCO.CCCCCOC(=O)C(C)CC. The summed E-state index contributed by atoms with van der Waals surface area (Å²) in [5.41, 5.74) is -0.873. The van der Waals surface area contributed by atoms with Crippen LogP contribution in [0.3, 0.4) is 0 Å². The summed E-state index contributed by atoms with van der Waals surface area (Å²) in [6, 6.07) is 0. The topological polar surface area (TPSA) is 322 Å². The first-order valence-electron chi connectivity index (χ1n) is 36.6. The second-order valence-corrected chi connectivity index (χ2v) is 26.6. The van der Waals surface area contributed by atoms with Crippen LogP contribution in [0.1, 0.15) is 278 Å². The zero-order chi connectivity index (χ0) is 77.6. The van der Waals surface area contributed by atoms with Crippen LogP contribution in [0.5, 0.6) is 0 Å². The lowest BCUT2D eigenvalue weighted by atomic mass is 9.91. The van der Waals surface area contributed by atoms with Crippen LogP contribution in [0.15, 0.2) is 0 Å². The molecule has 13 atom stereocenters. The molecule has 1 fully saturated rings. The molecule has 0 aliphatic carbocycles. The minimum Gasteiger partial charge on any atom is -0.465 e. The Bertz CT molecular complexity index is 1900. The molecular weight excluding hydrogens is 1290 g/mol. The van der Waals surface area contributed by atoms with Crippen LogP contribution in [0.25, 0.3) is 0 Å². The molecule has 1 rings (SSSR count). The molecule has 23 nitrogen and oxygen atoms in total. The quantitative estimate of drug-likeness (QED) is 0.0217. The first-order chi connectivity index (χ1) is 45.8. The van der Waals surface area contributed by atoms with Crippen molar-refractivity contribution in [2.75, 3.05) is 86.4 Å². The van der Waals surface area contributed by atoms with Crippen molar-refractivity contribution in [1.29, 1.82) is 0 Å². The molecule has 5 N–H and O–H groups in total. The number of carbonyl (C=O) groups is 7. The molecule has 23 heteroatoms. The van der Waals surface area contributed by atoms with Gasteiger partial charge in [-0.3, -0.25) is 33.6 Å². The van der Waals surface area contributed by atoms with Gasteiger partial charge < -0.3 is 77.6 Å². The molecule has 0 aromatic heterocycles. The predicted molar refractivity (Wildman–Crippen MR) is 399 cm³/mol. The van der Waals surface area contributed by atoms with Crippen molar-refractivity contribution in [3.63, 3.8) is 0 Å². The average molecular weight is 1450 g/mol. The zero-order valence-electron chi connectivity index (χ0n) is 66.8. The van der Waals surface area contributed by atoms with E-state index in [0.29, 0.717) is 64.0 Å². The molecular formula is C77H158O23. The van der Waals surface area contributed by atoms with E-state index in [2.05, 4.69) is 32.4 Å². The van der Waals surface area contributed by atoms with Gasteiger partial charge in [0.1, 0.15) is 25.9 Å². The van der Waals surface area contributed by atoms with Crippen molar-refractivity contribution in [2.24, 2.45) is 58.2 Å². The highest BCUT2D eigenvalue weighted by Crippen LogP contribution is 2.27. The van der Waals surface area contributed by atoms with Gasteiger partial charge in [0, 0.05) is 13.0 Å². The first kappa shape index (κ1) is 114. The molecule has 604 valence electrons. The van der Waals surface area contributed by atoms with Crippen molar-refractivity contribution < 1.29 is 111 Å². The summed E-state index contributed by atoms with van der Waals surface area (Å²) in [5, 5.41) is 45.6. The van der Waals surface area contributed by atoms with Crippen molar-refractivity contribution in [1.82, 2.24) is 0 Å². The number of ether oxygens (including phenoxy) is 11. The number of rotatable bonds is 39. The molecule has 0 spiro atoms. The van der Waals surface area contributed by atoms with Crippen molar-refractivity contribution >= 4 is 41.8 Å². The summed E-state index contributed by atoms with van der Waals surface area (Å²) in [4.78, 5) is 78.3. The lowest BCUT2D eigenvalue weighted by Gasteiger charge is -2.40. The molecule has 100 heavy (non-hydrogen) atoms. The third-order valence-corrected chi connectivity index (χ3v) is 16.4. The zero-order valence-corrected chi connectivity index (χ0v) is 66.8. The molecule has 1 aliphatic heterocycles. The molecule has 1 heterocycles. The predicted octanol–water partition coefficient (Wildman–Crippen LogP) is 14.3. The van der Waals surface area contributed by atoms with Gasteiger partial charge in [0.25, 0.3) is 0 Å². The van der Waals surface area contributed by atoms with Crippen LogP contribution in [0, 0.1) is 58.2 Å². The summed E-state index contributed by atoms with van der Waals surface area (Å²) in [7, 11) is 1.58. The second-order valence-electron chi connectivity index (χ2n) is 26.6. The van der Waals surface area contributed by atoms with E-state index in [9.17, 15) is 48.9 Å². The minimum absolute atomic E-state index is 0. The monoisotopic (exact) mass is 1450 g/mol. The van der Waals surface area contributed by atoms with Crippen LogP contribution in [-0.4, -0.2) is 191 Å². The van der Waals surface area contributed by atoms with E-state index in [0.717, 1.165) is 70.6 Å². The summed E-state index contributed by atoms with van der Waals surface area (Å²) in [6.07, 6.45) is 8.40. The standard InChI is InChI=1S/C15H28O7.C11H22O2.C10H20O2.2C9H18O2.C8H16O3.C7H14O3.C6H14O2.2CH4/c1-5-15(3,4)14(19)21-7-6-20-13-12(18)11(17)9(2)10(8-16)22-13;1-6-9(3)8-13-10(12)11(4,5)7-2;1-4-6-7-8-12-10(11)9(3)5-2;1-5-8(4)9(10)11-6-7(2)3;1-5-7(3)9(10)11-8(4)6-2;1-4-7(2)8(9)11-6-5-10-3;1-3-6(2)7(9)10-5-4-8;1-3-6(2)8-5-4-7;;/h9-13,16-18H,5-8H2,1-4H3;9H,6-8H2,1-5H3;9H,4-8H2,1-3H3;2*7-8H,5-6H2,1-4H3;7H,4-6H2,1-3H3;6,8H,3-5H2,1-2H3;6-7H,3-5H2,1-2H3;2*1H4/t9-,10?,11?,12+,13-;;;;;;;;;/m0........./s1. The van der Waals surface area contributed by atoms with Crippen LogP contribution in [-0.2, 0) is 85.7 Å². The fourth-order valence-corrected chi connectivity index (χ4v) is 6.05. The number of hydrogen-bond acceptors (Lipinski definition) is 23. The number of esters is 7. The van der Waals surface area contributed by atoms with Gasteiger partial charge in [0.2, 0.25) is 0 Å². The fourth-order valence-electron chi connectivity index (χ4n) is 6.05. The Hall–Kier alpha value is -4.07. The van der Waals surface area contributed by atoms with Crippen molar-refractivity contribution in [3.05, 3.63) is 0 Å². The van der Waals surface area contributed by atoms with E-state index >= 15 is 0 Å². The minimum atomic E-state index is -1.21. The summed E-state index contributed by atoms with van der Waals surface area (Å²) in [6.45, 7) is 53.5. The van der Waals surface area contributed by atoms with Gasteiger partial charge in [0.05, 0.1) is 124 Å². The number of aliphatic hydroxyl groups is 5. The van der Waals surface area contributed by atoms with Gasteiger partial charge in [-0.15, -0.1) is 0 Å². The largest absolute Gasteiger partial charge is 0.465 e. The molecule has 10 unspecified atom stereocenters. The lowest BCUT2D eigenvalue weighted by Crippen LogP contribution is -2.55. The van der Waals surface area contributed by atoms with Gasteiger partial charge in [-0.25, -0.2) is 0 Å². The molecule has 0 amide bonds. The van der Waals surface area contributed by atoms with Gasteiger partial charge in [-0.05, 0) is 118 Å². The Morgan fingerprint density at radius 1 is 0.440 bits per heavy atom. The summed E-state index contributed by atoms with van der Waals surface area (Å²) < 4.78 is 55.6. The smallest absolute Gasteiger partial charge is 0.311 e. The Kier molecular flexibility index (Phi) is 83.8. The fraction of sp³-hybridized carbons (Fsp3) is 0.909. The maximum Gasteiger partial charge on any atom is 0.311 e. The second kappa shape index (κ2) is 73.3. The van der Waals surface area contributed by atoms with E-state index in [4.69, 9.17) is 57.6 Å². The van der Waals surface area contributed by atoms with Crippen LogP contribution in [0.4, 0.5) is 0 Å². The number of unbranched alkanes of at least 4 members (excludes halogenated alkanes) is 2. The Morgan fingerprint density at radius 3 is 1.21 bits per heavy atom. The van der Waals surface area contributed by atoms with E-state index < -0.39 is 35.9 Å². The van der Waals surface area contributed by atoms with Crippen LogP contribution >= 0.6 is 0 Å². The van der Waals surface area contributed by atoms with Gasteiger partial charge in [0.15, 0.2) is 6.29 Å². The van der Waals surface area contributed by atoms with E-state index in [1.807, 2.05) is 125 Å². The van der Waals surface area contributed by atoms with Crippen molar-refractivity contribution in [2.45, 2.75) is 315 Å². The summed E-state index contributed by atoms with van der Waals surface area (Å²) in [5.74, 6) is -0.316. The number of hydrogen-bond donors (Lipinski definition) is 5. The number of methoxy groups -OCH3 is 1. The number of aliphatic hydroxyl groups excluding tert-OH is 5. The van der Waals surface area contributed by atoms with E-state index in [1.54, 1.807) is 34.8 Å². The molecule has 1 aliphatic rings. The van der Waals surface area contributed by atoms with Crippen LogP contribution in [0.2, 0.25) is 0 Å². The molecule has 0 bridgehead atoms. The average Bonchev–Trinajstić information content (AvgIpc) is 0.824. The lowest BCUT2D eigenvalue weighted by molar-refractivity contribution is -0.289. The van der Waals surface area contributed by atoms with E-state index in [-0.39, 0.29) is 137 Å².